The average Bonchev–Trinajstić information content (AvgIpc) is 3.16. The van der Waals surface area contributed by atoms with E-state index in [0.29, 0.717) is 37.0 Å². The fraction of sp³-hybridized carbons (Fsp3) is 0.320. The second kappa shape index (κ2) is 8.69. The minimum absolute atomic E-state index is 0.0150. The number of halogens is 1. The Morgan fingerprint density at radius 3 is 2.73 bits per heavy atom. The lowest BCUT2D eigenvalue weighted by Crippen LogP contribution is -2.40. The predicted octanol–water partition coefficient (Wildman–Crippen LogP) is 3.43. The highest BCUT2D eigenvalue weighted by atomic mass is 19.1. The molecule has 1 fully saturated rings. The zero-order chi connectivity index (χ0) is 22.9. The molecule has 0 N–H and O–H groups in total. The molecule has 3 aromatic rings. The molecule has 7 nitrogen and oxygen atoms in total. The van der Waals surface area contributed by atoms with Gasteiger partial charge in [0.15, 0.2) is 0 Å². The van der Waals surface area contributed by atoms with Gasteiger partial charge in [0, 0.05) is 36.5 Å². The monoisotopic (exact) mass is 445 g/mol. The van der Waals surface area contributed by atoms with E-state index in [1.807, 2.05) is 11.8 Å². The zero-order valence-corrected chi connectivity index (χ0v) is 18.4. The third-order valence-corrected chi connectivity index (χ3v) is 6.31. The lowest BCUT2D eigenvalue weighted by atomic mass is 9.96. The topological polar surface area (TPSA) is 79.3 Å². The number of hydrogen-bond acceptors (Lipinski definition) is 5. The van der Waals surface area contributed by atoms with Gasteiger partial charge in [0.1, 0.15) is 23.2 Å². The third kappa shape index (κ3) is 4.20. The second-order valence-electron chi connectivity index (χ2n) is 8.56. The van der Waals surface area contributed by atoms with E-state index < -0.39 is 0 Å². The number of piperidine rings is 1. The van der Waals surface area contributed by atoms with E-state index in [0.717, 1.165) is 29.7 Å². The number of nitrogens with zero attached hydrogens (tertiary/aromatic N) is 5. The fourth-order valence-corrected chi connectivity index (χ4v) is 4.54. The van der Waals surface area contributed by atoms with Gasteiger partial charge in [0.25, 0.3) is 5.91 Å². The molecule has 0 radical (unpaired) electrons. The van der Waals surface area contributed by atoms with Crippen LogP contribution in [0.2, 0.25) is 0 Å². The molecule has 5 rings (SSSR count). The van der Waals surface area contributed by atoms with Gasteiger partial charge >= 0.3 is 0 Å². The number of amides is 2. The smallest absolute Gasteiger partial charge is 0.272 e. The lowest BCUT2D eigenvalue weighted by Gasteiger charge is -2.32. The minimum atomic E-state index is -0.311. The highest BCUT2D eigenvalue weighted by molar-refractivity contribution is 6.00. The van der Waals surface area contributed by atoms with Gasteiger partial charge in [-0.05, 0) is 49.6 Å². The van der Waals surface area contributed by atoms with E-state index >= 15 is 0 Å². The quantitative estimate of drug-likeness (QED) is 0.615. The number of hydrogen-bond donors (Lipinski definition) is 0. The molecule has 0 bridgehead atoms. The number of benzene rings is 1. The Balaban J connectivity index is 1.40. The van der Waals surface area contributed by atoms with Crippen LogP contribution in [0.5, 0.6) is 0 Å². The van der Waals surface area contributed by atoms with Crippen LogP contribution in [-0.4, -0.2) is 44.8 Å². The van der Waals surface area contributed by atoms with Crippen LogP contribution in [0, 0.1) is 12.7 Å². The summed E-state index contributed by atoms with van der Waals surface area (Å²) in [4.78, 5) is 42.9. The van der Waals surface area contributed by atoms with Gasteiger partial charge in [-0.25, -0.2) is 14.4 Å². The van der Waals surface area contributed by atoms with Crippen LogP contribution in [-0.2, 0) is 17.8 Å². The maximum Gasteiger partial charge on any atom is 0.272 e. The van der Waals surface area contributed by atoms with Crippen molar-refractivity contribution in [3.8, 4) is 0 Å². The van der Waals surface area contributed by atoms with E-state index in [-0.39, 0.29) is 30.0 Å². The van der Waals surface area contributed by atoms with Crippen LogP contribution in [0.4, 0.5) is 10.2 Å². The number of carbonyl (C=O) groups is 2. The summed E-state index contributed by atoms with van der Waals surface area (Å²) in [5.41, 5.74) is 2.89. The van der Waals surface area contributed by atoms with Gasteiger partial charge < -0.3 is 4.90 Å². The third-order valence-electron chi connectivity index (χ3n) is 6.31. The maximum absolute atomic E-state index is 13.3. The van der Waals surface area contributed by atoms with Crippen LogP contribution in [0.15, 0.2) is 48.7 Å². The maximum atomic E-state index is 13.3. The van der Waals surface area contributed by atoms with E-state index in [1.165, 1.54) is 12.1 Å². The molecule has 33 heavy (non-hydrogen) atoms. The first-order valence-corrected chi connectivity index (χ1v) is 11.1. The first-order chi connectivity index (χ1) is 16.0. The highest BCUT2D eigenvalue weighted by Gasteiger charge is 2.34. The number of fused-ring (bicyclic) bond motifs is 1. The molecule has 1 atom stereocenters. The molecule has 0 unspecified atom stereocenters. The molecule has 2 aromatic heterocycles. The van der Waals surface area contributed by atoms with Crippen LogP contribution in [0.1, 0.15) is 51.9 Å². The first kappa shape index (κ1) is 21.2. The van der Waals surface area contributed by atoms with Crippen molar-refractivity contribution in [2.24, 2.45) is 0 Å². The van der Waals surface area contributed by atoms with E-state index in [4.69, 9.17) is 9.97 Å². The molecule has 0 spiro atoms. The number of rotatable bonds is 4. The van der Waals surface area contributed by atoms with Crippen LogP contribution in [0.3, 0.4) is 0 Å². The van der Waals surface area contributed by atoms with Gasteiger partial charge in [-0.1, -0.05) is 18.2 Å². The number of pyridine rings is 1. The predicted molar refractivity (Wildman–Crippen MR) is 120 cm³/mol. The van der Waals surface area contributed by atoms with Crippen molar-refractivity contribution in [1.29, 1.82) is 0 Å². The summed E-state index contributed by atoms with van der Waals surface area (Å²) in [5.74, 6) is 0.822. The fourth-order valence-electron chi connectivity index (χ4n) is 4.54. The molecule has 2 aliphatic rings. The van der Waals surface area contributed by atoms with Gasteiger partial charge in [0.2, 0.25) is 5.91 Å². The molecular weight excluding hydrogens is 421 g/mol. The Labute approximate surface area is 191 Å². The van der Waals surface area contributed by atoms with Crippen molar-refractivity contribution in [3.05, 3.63) is 82.8 Å². The van der Waals surface area contributed by atoms with E-state index in [9.17, 15) is 14.0 Å². The van der Waals surface area contributed by atoms with Gasteiger partial charge in [-0.3, -0.25) is 19.5 Å². The molecule has 0 saturated carbocycles. The normalized spacial score (nSPS) is 17.9. The summed E-state index contributed by atoms with van der Waals surface area (Å²) < 4.78 is 13.3. The van der Waals surface area contributed by atoms with Crippen LogP contribution >= 0.6 is 0 Å². The van der Waals surface area contributed by atoms with Crippen molar-refractivity contribution in [1.82, 2.24) is 19.9 Å². The Hall–Kier alpha value is -3.68. The summed E-state index contributed by atoms with van der Waals surface area (Å²) in [6, 6.07) is 11.5. The summed E-state index contributed by atoms with van der Waals surface area (Å²) in [7, 11) is 0. The van der Waals surface area contributed by atoms with Crippen molar-refractivity contribution >= 4 is 17.6 Å². The molecule has 2 aliphatic heterocycles. The minimum Gasteiger partial charge on any atom is -0.337 e. The van der Waals surface area contributed by atoms with E-state index in [2.05, 4.69) is 4.98 Å². The van der Waals surface area contributed by atoms with Gasteiger partial charge in [-0.2, -0.15) is 0 Å². The Kier molecular flexibility index (Phi) is 5.58. The molecule has 4 heterocycles. The lowest BCUT2D eigenvalue weighted by molar-refractivity contribution is -0.117. The average molecular weight is 445 g/mol. The molecule has 2 amide bonds. The molecular formula is C25H24FN5O2. The van der Waals surface area contributed by atoms with Crippen LogP contribution < -0.4 is 4.90 Å². The number of likely N-dealkylation sites (tertiary alicyclic amines) is 1. The highest BCUT2D eigenvalue weighted by Crippen LogP contribution is 2.33. The number of aryl methyl sites for hydroxylation is 1. The molecule has 8 heteroatoms. The van der Waals surface area contributed by atoms with E-state index in [1.54, 1.807) is 41.4 Å². The molecule has 1 aromatic carbocycles. The summed E-state index contributed by atoms with van der Waals surface area (Å²) in [6.07, 6.45) is 3.60. The summed E-state index contributed by atoms with van der Waals surface area (Å²) >= 11 is 0. The molecule has 0 aliphatic carbocycles. The second-order valence-corrected chi connectivity index (χ2v) is 8.56. The first-order valence-electron chi connectivity index (χ1n) is 11.1. The molecule has 168 valence electrons. The van der Waals surface area contributed by atoms with Crippen molar-refractivity contribution in [2.45, 2.75) is 38.6 Å². The Morgan fingerprint density at radius 1 is 1.15 bits per heavy atom. The zero-order valence-electron chi connectivity index (χ0n) is 18.4. The standard InChI is InChI=1S/C25H24FN5O2/c1-16-20-13-22(32)31(14-17-7-9-19(26)10-8-17)24(20)29-23(28-16)18-5-4-12-30(15-18)25(33)21-6-2-3-11-27-21/h2-3,6-11,18H,4-5,12-15H2,1H3/t18-/m1/s1. The summed E-state index contributed by atoms with van der Waals surface area (Å²) in [5, 5.41) is 0. The molecule has 1 saturated heterocycles. The SMILES string of the molecule is Cc1nc([C@@H]2CCCN(C(=O)c3ccccn3)C2)nc2c1CC(=O)N2Cc1ccc(F)cc1. The van der Waals surface area contributed by atoms with Crippen LogP contribution in [0.25, 0.3) is 0 Å². The number of carbonyl (C=O) groups excluding carboxylic acids is 2. The van der Waals surface area contributed by atoms with Crippen molar-refractivity contribution in [3.63, 3.8) is 0 Å². The van der Waals surface area contributed by atoms with Crippen molar-refractivity contribution < 1.29 is 14.0 Å². The number of anilines is 1. The van der Waals surface area contributed by atoms with Gasteiger partial charge in [0.05, 0.1) is 13.0 Å². The Morgan fingerprint density at radius 2 is 1.97 bits per heavy atom. The summed E-state index contributed by atoms with van der Waals surface area (Å²) in [6.45, 7) is 3.42. The Bertz CT molecular complexity index is 1200. The van der Waals surface area contributed by atoms with Crippen molar-refractivity contribution in [2.75, 3.05) is 18.0 Å². The largest absolute Gasteiger partial charge is 0.337 e. The number of aromatic nitrogens is 3. The van der Waals surface area contributed by atoms with Gasteiger partial charge in [-0.15, -0.1) is 0 Å².